The van der Waals surface area contributed by atoms with E-state index in [0.717, 1.165) is 11.8 Å². The predicted molar refractivity (Wildman–Crippen MR) is 47.9 cm³/mol. The lowest BCUT2D eigenvalue weighted by molar-refractivity contribution is -0.107. The molecule has 13 heavy (non-hydrogen) atoms. The highest BCUT2D eigenvalue weighted by atomic mass is 16.4. The molecule has 0 atom stereocenters. The van der Waals surface area contributed by atoms with E-state index in [1.807, 2.05) is 0 Å². The smallest absolute Gasteiger partial charge is 0.335 e. The lowest BCUT2D eigenvalue weighted by Gasteiger charge is -2.04. The molecule has 0 aliphatic rings. The second-order valence-electron chi connectivity index (χ2n) is 2.77. The first-order valence-electron chi connectivity index (χ1n) is 3.92. The number of carboxylic acids is 1. The van der Waals surface area contributed by atoms with E-state index in [-0.39, 0.29) is 12.0 Å². The van der Waals surface area contributed by atoms with E-state index in [0.29, 0.717) is 5.56 Å². The Bertz CT molecular complexity index is 342. The first kappa shape index (κ1) is 9.45. The minimum atomic E-state index is -0.953. The molecule has 68 valence electrons. The number of rotatable bonds is 3. The SMILES string of the molecule is Cc1c(CC=O)cccc1C(=O)O. The summed E-state index contributed by atoms with van der Waals surface area (Å²) < 4.78 is 0. The molecule has 0 saturated heterocycles. The Hall–Kier alpha value is -1.64. The van der Waals surface area contributed by atoms with Gasteiger partial charge in [-0.3, -0.25) is 0 Å². The van der Waals surface area contributed by atoms with Gasteiger partial charge in [0.25, 0.3) is 0 Å². The van der Waals surface area contributed by atoms with Crippen LogP contribution >= 0.6 is 0 Å². The average Bonchev–Trinajstić information content (AvgIpc) is 2.08. The number of aldehydes is 1. The molecule has 0 aliphatic carbocycles. The van der Waals surface area contributed by atoms with Crippen LogP contribution in [0.4, 0.5) is 0 Å². The summed E-state index contributed by atoms with van der Waals surface area (Å²) in [6, 6.07) is 4.94. The van der Waals surface area contributed by atoms with Crippen LogP contribution in [0, 0.1) is 6.92 Å². The Morgan fingerprint density at radius 1 is 1.54 bits per heavy atom. The molecular formula is C10H10O3. The lowest BCUT2D eigenvalue weighted by Crippen LogP contribution is -2.02. The fraction of sp³-hybridized carbons (Fsp3) is 0.200. The maximum Gasteiger partial charge on any atom is 0.335 e. The molecular weight excluding hydrogens is 168 g/mol. The quantitative estimate of drug-likeness (QED) is 0.712. The number of carboxylic acid groups (broad SMARTS) is 1. The van der Waals surface area contributed by atoms with Crippen molar-refractivity contribution in [2.75, 3.05) is 0 Å². The Morgan fingerprint density at radius 3 is 2.77 bits per heavy atom. The van der Waals surface area contributed by atoms with Crippen LogP contribution in [-0.4, -0.2) is 17.4 Å². The minimum Gasteiger partial charge on any atom is -0.478 e. The minimum absolute atomic E-state index is 0.263. The first-order chi connectivity index (χ1) is 6.16. The normalized spacial score (nSPS) is 9.62. The van der Waals surface area contributed by atoms with E-state index in [4.69, 9.17) is 5.11 Å². The van der Waals surface area contributed by atoms with Gasteiger partial charge in [-0.15, -0.1) is 0 Å². The second-order valence-corrected chi connectivity index (χ2v) is 2.77. The van der Waals surface area contributed by atoms with E-state index in [1.165, 1.54) is 6.07 Å². The fourth-order valence-corrected chi connectivity index (χ4v) is 1.23. The highest BCUT2D eigenvalue weighted by Gasteiger charge is 2.08. The summed E-state index contributed by atoms with van der Waals surface area (Å²) in [7, 11) is 0. The van der Waals surface area contributed by atoms with Crippen LogP contribution in [0.15, 0.2) is 18.2 Å². The fourth-order valence-electron chi connectivity index (χ4n) is 1.23. The maximum atomic E-state index is 10.7. The molecule has 0 saturated carbocycles. The molecule has 0 spiro atoms. The van der Waals surface area contributed by atoms with Crippen molar-refractivity contribution in [3.63, 3.8) is 0 Å². The Balaban J connectivity index is 3.17. The van der Waals surface area contributed by atoms with Crippen LogP contribution in [0.5, 0.6) is 0 Å². The van der Waals surface area contributed by atoms with E-state index >= 15 is 0 Å². The van der Waals surface area contributed by atoms with E-state index in [2.05, 4.69) is 0 Å². The molecule has 1 rings (SSSR count). The monoisotopic (exact) mass is 178 g/mol. The van der Waals surface area contributed by atoms with Crippen molar-refractivity contribution in [3.8, 4) is 0 Å². The summed E-state index contributed by atoms with van der Waals surface area (Å²) in [6.45, 7) is 1.71. The van der Waals surface area contributed by atoms with Gasteiger partial charge in [0.15, 0.2) is 0 Å². The lowest BCUT2D eigenvalue weighted by atomic mass is 10.0. The summed E-state index contributed by atoms with van der Waals surface area (Å²) in [4.78, 5) is 21.0. The van der Waals surface area contributed by atoms with Crippen LogP contribution in [0.2, 0.25) is 0 Å². The maximum absolute atomic E-state index is 10.7. The van der Waals surface area contributed by atoms with Crippen LogP contribution in [0.25, 0.3) is 0 Å². The van der Waals surface area contributed by atoms with E-state index < -0.39 is 5.97 Å². The van der Waals surface area contributed by atoms with Crippen LogP contribution in [-0.2, 0) is 11.2 Å². The largest absolute Gasteiger partial charge is 0.478 e. The molecule has 0 aliphatic heterocycles. The number of hydrogen-bond donors (Lipinski definition) is 1. The van der Waals surface area contributed by atoms with Crippen LogP contribution < -0.4 is 0 Å². The molecule has 3 heteroatoms. The van der Waals surface area contributed by atoms with Crippen molar-refractivity contribution >= 4 is 12.3 Å². The van der Waals surface area contributed by atoms with Crippen molar-refractivity contribution in [1.82, 2.24) is 0 Å². The molecule has 3 nitrogen and oxygen atoms in total. The molecule has 0 bridgehead atoms. The molecule has 0 heterocycles. The molecule has 0 aromatic heterocycles. The predicted octanol–water partition coefficient (Wildman–Crippen LogP) is 1.43. The van der Waals surface area contributed by atoms with Gasteiger partial charge in [-0.05, 0) is 24.1 Å². The third kappa shape index (κ3) is 1.93. The third-order valence-electron chi connectivity index (χ3n) is 1.98. The van der Waals surface area contributed by atoms with Crippen LogP contribution in [0.1, 0.15) is 21.5 Å². The van der Waals surface area contributed by atoms with Gasteiger partial charge in [0.2, 0.25) is 0 Å². The second kappa shape index (κ2) is 3.85. The number of aromatic carboxylic acids is 1. The molecule has 0 amide bonds. The molecule has 1 aromatic rings. The zero-order valence-corrected chi connectivity index (χ0v) is 7.28. The Kier molecular flexibility index (Phi) is 2.80. The summed E-state index contributed by atoms with van der Waals surface area (Å²) in [6.07, 6.45) is 1.04. The van der Waals surface area contributed by atoms with Gasteiger partial charge >= 0.3 is 5.97 Å². The number of carbonyl (C=O) groups is 2. The molecule has 0 radical (unpaired) electrons. The number of hydrogen-bond acceptors (Lipinski definition) is 2. The average molecular weight is 178 g/mol. The number of carbonyl (C=O) groups excluding carboxylic acids is 1. The topological polar surface area (TPSA) is 54.4 Å². The Labute approximate surface area is 76.0 Å². The summed E-state index contributed by atoms with van der Waals surface area (Å²) in [5.74, 6) is -0.953. The zero-order chi connectivity index (χ0) is 9.84. The van der Waals surface area contributed by atoms with E-state index in [9.17, 15) is 9.59 Å². The summed E-state index contributed by atoms with van der Waals surface area (Å²) >= 11 is 0. The van der Waals surface area contributed by atoms with Crippen molar-refractivity contribution in [2.45, 2.75) is 13.3 Å². The van der Waals surface area contributed by atoms with Gasteiger partial charge in [-0.25, -0.2) is 4.79 Å². The van der Waals surface area contributed by atoms with Gasteiger partial charge in [0, 0.05) is 6.42 Å². The van der Waals surface area contributed by atoms with E-state index in [1.54, 1.807) is 19.1 Å². The summed E-state index contributed by atoms with van der Waals surface area (Å²) in [5, 5.41) is 8.77. The van der Waals surface area contributed by atoms with Crippen molar-refractivity contribution in [1.29, 1.82) is 0 Å². The highest BCUT2D eigenvalue weighted by Crippen LogP contribution is 2.13. The van der Waals surface area contributed by atoms with Crippen molar-refractivity contribution < 1.29 is 14.7 Å². The van der Waals surface area contributed by atoms with Gasteiger partial charge in [-0.2, -0.15) is 0 Å². The molecule has 0 unspecified atom stereocenters. The van der Waals surface area contributed by atoms with Crippen molar-refractivity contribution in [2.24, 2.45) is 0 Å². The molecule has 1 aromatic carbocycles. The summed E-state index contributed by atoms with van der Waals surface area (Å²) in [5.41, 5.74) is 1.70. The standard InChI is InChI=1S/C10H10O3/c1-7-8(5-6-11)3-2-4-9(7)10(12)13/h2-4,6H,5H2,1H3,(H,12,13). The van der Waals surface area contributed by atoms with Gasteiger partial charge in [0.1, 0.15) is 6.29 Å². The van der Waals surface area contributed by atoms with Gasteiger partial charge in [0.05, 0.1) is 5.56 Å². The first-order valence-corrected chi connectivity index (χ1v) is 3.92. The Morgan fingerprint density at radius 2 is 2.23 bits per heavy atom. The molecule has 0 fully saturated rings. The van der Waals surface area contributed by atoms with Gasteiger partial charge in [-0.1, -0.05) is 12.1 Å². The molecule has 1 N–H and O–H groups in total. The van der Waals surface area contributed by atoms with Gasteiger partial charge < -0.3 is 9.90 Å². The van der Waals surface area contributed by atoms with Crippen molar-refractivity contribution in [3.05, 3.63) is 34.9 Å². The number of benzene rings is 1. The third-order valence-corrected chi connectivity index (χ3v) is 1.98. The van der Waals surface area contributed by atoms with Crippen LogP contribution in [0.3, 0.4) is 0 Å². The highest BCUT2D eigenvalue weighted by molar-refractivity contribution is 5.89. The zero-order valence-electron chi connectivity index (χ0n) is 7.28.